The highest BCUT2D eigenvalue weighted by molar-refractivity contribution is 5.88. The van der Waals surface area contributed by atoms with Crippen LogP contribution in [0, 0.1) is 0 Å². The van der Waals surface area contributed by atoms with Crippen LogP contribution in [0.4, 0.5) is 5.69 Å². The second kappa shape index (κ2) is 5.16. The number of carboxylic acids is 1. The number of hydrogen-bond acceptors (Lipinski definition) is 4. The van der Waals surface area contributed by atoms with Crippen LogP contribution in [0.5, 0.6) is 0 Å². The number of hydrogen-bond donors (Lipinski definition) is 2. The Morgan fingerprint density at radius 3 is 2.31 bits per heavy atom. The van der Waals surface area contributed by atoms with Crippen molar-refractivity contribution in [3.63, 3.8) is 0 Å². The molecule has 0 spiro atoms. The van der Waals surface area contributed by atoms with E-state index in [4.69, 9.17) is 5.11 Å². The van der Waals surface area contributed by atoms with E-state index >= 15 is 0 Å². The smallest absolute Gasteiger partial charge is 0.335 e. The van der Waals surface area contributed by atoms with Crippen molar-refractivity contribution >= 4 is 17.6 Å². The molecular formula is C11H13NO4. The zero-order chi connectivity index (χ0) is 12.1. The fourth-order valence-corrected chi connectivity index (χ4v) is 1.19. The zero-order valence-electron chi connectivity index (χ0n) is 9.06. The number of ether oxygens (including phenoxy) is 1. The van der Waals surface area contributed by atoms with Gasteiger partial charge < -0.3 is 15.2 Å². The molecule has 1 atom stereocenters. The lowest BCUT2D eigenvalue weighted by Gasteiger charge is -2.12. The summed E-state index contributed by atoms with van der Waals surface area (Å²) in [5.74, 6) is -1.35. The van der Waals surface area contributed by atoms with Gasteiger partial charge in [-0.2, -0.15) is 0 Å². The number of benzene rings is 1. The molecular weight excluding hydrogens is 210 g/mol. The molecule has 0 saturated carbocycles. The first kappa shape index (κ1) is 12.0. The SMILES string of the molecule is COC(=O)C(C)Nc1ccc(C(=O)O)cc1. The summed E-state index contributed by atoms with van der Waals surface area (Å²) in [4.78, 5) is 21.7. The average molecular weight is 223 g/mol. The Labute approximate surface area is 93.0 Å². The third-order valence-electron chi connectivity index (χ3n) is 2.07. The molecule has 2 N–H and O–H groups in total. The minimum atomic E-state index is -0.979. The molecule has 86 valence electrons. The van der Waals surface area contributed by atoms with E-state index in [1.807, 2.05) is 0 Å². The minimum Gasteiger partial charge on any atom is -0.478 e. The molecule has 5 heteroatoms. The molecule has 0 fully saturated rings. The lowest BCUT2D eigenvalue weighted by molar-refractivity contribution is -0.141. The van der Waals surface area contributed by atoms with Gasteiger partial charge in [-0.25, -0.2) is 9.59 Å². The summed E-state index contributed by atoms with van der Waals surface area (Å²) in [6, 6.07) is 5.66. The number of anilines is 1. The van der Waals surface area contributed by atoms with Gasteiger partial charge in [0.25, 0.3) is 0 Å². The molecule has 16 heavy (non-hydrogen) atoms. The molecule has 0 aliphatic carbocycles. The minimum absolute atomic E-state index is 0.205. The molecule has 0 aliphatic rings. The lowest BCUT2D eigenvalue weighted by atomic mass is 10.2. The van der Waals surface area contributed by atoms with Crippen molar-refractivity contribution in [1.82, 2.24) is 0 Å². The molecule has 0 aromatic heterocycles. The van der Waals surface area contributed by atoms with Gasteiger partial charge in [0.1, 0.15) is 6.04 Å². The first-order valence-corrected chi connectivity index (χ1v) is 4.72. The Balaban J connectivity index is 2.68. The summed E-state index contributed by atoms with van der Waals surface area (Å²) in [5, 5.41) is 11.6. The van der Waals surface area contributed by atoms with E-state index in [0.29, 0.717) is 5.69 Å². The van der Waals surface area contributed by atoms with Crippen LogP contribution in [0.25, 0.3) is 0 Å². The van der Waals surface area contributed by atoms with Crippen molar-refractivity contribution in [2.75, 3.05) is 12.4 Å². The standard InChI is InChI=1S/C11H13NO4/c1-7(11(15)16-2)12-9-5-3-8(4-6-9)10(13)14/h3-7,12H,1-2H3,(H,13,14). The van der Waals surface area contributed by atoms with Crippen LogP contribution in [0.1, 0.15) is 17.3 Å². The molecule has 0 saturated heterocycles. The second-order valence-corrected chi connectivity index (χ2v) is 3.27. The normalized spacial score (nSPS) is 11.6. The topological polar surface area (TPSA) is 75.6 Å². The number of aromatic carboxylic acids is 1. The molecule has 1 aromatic carbocycles. The van der Waals surface area contributed by atoms with E-state index in [2.05, 4.69) is 10.1 Å². The van der Waals surface area contributed by atoms with E-state index in [0.717, 1.165) is 0 Å². The molecule has 0 heterocycles. The number of carbonyl (C=O) groups is 2. The quantitative estimate of drug-likeness (QED) is 0.754. The molecule has 1 unspecified atom stereocenters. The summed E-state index contributed by atoms with van der Waals surface area (Å²) in [6.45, 7) is 1.66. The van der Waals surface area contributed by atoms with Crippen LogP contribution in [-0.2, 0) is 9.53 Å². The van der Waals surface area contributed by atoms with Gasteiger partial charge in [0.2, 0.25) is 0 Å². The summed E-state index contributed by atoms with van der Waals surface area (Å²) >= 11 is 0. The summed E-state index contributed by atoms with van der Waals surface area (Å²) in [6.07, 6.45) is 0. The maximum Gasteiger partial charge on any atom is 0.335 e. The molecule has 0 bridgehead atoms. The fourth-order valence-electron chi connectivity index (χ4n) is 1.19. The van der Waals surface area contributed by atoms with Crippen LogP contribution < -0.4 is 5.32 Å². The van der Waals surface area contributed by atoms with Gasteiger partial charge in [-0.15, -0.1) is 0 Å². The van der Waals surface area contributed by atoms with Gasteiger partial charge in [0.15, 0.2) is 0 Å². The number of nitrogens with one attached hydrogen (secondary N) is 1. The Bertz CT molecular complexity index is 385. The first-order valence-electron chi connectivity index (χ1n) is 4.72. The maximum absolute atomic E-state index is 11.1. The Hall–Kier alpha value is -2.04. The Kier molecular flexibility index (Phi) is 3.88. The number of carboxylic acid groups (broad SMARTS) is 1. The molecule has 1 aromatic rings. The molecule has 0 amide bonds. The van der Waals surface area contributed by atoms with E-state index in [1.54, 1.807) is 19.1 Å². The van der Waals surface area contributed by atoms with Gasteiger partial charge in [0.05, 0.1) is 12.7 Å². The van der Waals surface area contributed by atoms with Gasteiger partial charge in [-0.3, -0.25) is 0 Å². The highest BCUT2D eigenvalue weighted by Crippen LogP contribution is 2.11. The predicted molar refractivity (Wildman–Crippen MR) is 58.5 cm³/mol. The fraction of sp³-hybridized carbons (Fsp3) is 0.273. The van der Waals surface area contributed by atoms with Crippen LogP contribution >= 0.6 is 0 Å². The lowest BCUT2D eigenvalue weighted by Crippen LogP contribution is -2.27. The van der Waals surface area contributed by atoms with Crippen molar-refractivity contribution in [1.29, 1.82) is 0 Å². The third-order valence-corrected chi connectivity index (χ3v) is 2.07. The van der Waals surface area contributed by atoms with Crippen LogP contribution in [-0.4, -0.2) is 30.2 Å². The Morgan fingerprint density at radius 2 is 1.88 bits per heavy atom. The van der Waals surface area contributed by atoms with E-state index in [-0.39, 0.29) is 11.5 Å². The number of esters is 1. The third kappa shape index (κ3) is 2.98. The number of methoxy groups -OCH3 is 1. The summed E-state index contributed by atoms with van der Waals surface area (Å²) < 4.78 is 4.55. The van der Waals surface area contributed by atoms with Gasteiger partial charge in [-0.05, 0) is 31.2 Å². The van der Waals surface area contributed by atoms with Gasteiger partial charge in [0, 0.05) is 5.69 Å². The highest BCUT2D eigenvalue weighted by atomic mass is 16.5. The summed E-state index contributed by atoms with van der Waals surface area (Å²) in [7, 11) is 1.31. The summed E-state index contributed by atoms with van der Waals surface area (Å²) in [5.41, 5.74) is 0.874. The van der Waals surface area contributed by atoms with E-state index < -0.39 is 12.0 Å². The van der Waals surface area contributed by atoms with Crippen molar-refractivity contribution in [2.45, 2.75) is 13.0 Å². The van der Waals surface area contributed by atoms with Crippen LogP contribution in [0.15, 0.2) is 24.3 Å². The monoisotopic (exact) mass is 223 g/mol. The average Bonchev–Trinajstić information content (AvgIpc) is 2.28. The van der Waals surface area contributed by atoms with Crippen molar-refractivity contribution < 1.29 is 19.4 Å². The van der Waals surface area contributed by atoms with Crippen LogP contribution in [0.3, 0.4) is 0 Å². The van der Waals surface area contributed by atoms with Crippen molar-refractivity contribution in [2.24, 2.45) is 0 Å². The first-order chi connectivity index (χ1) is 7.54. The molecule has 0 radical (unpaired) electrons. The largest absolute Gasteiger partial charge is 0.478 e. The van der Waals surface area contributed by atoms with E-state index in [1.165, 1.54) is 19.2 Å². The van der Waals surface area contributed by atoms with E-state index in [9.17, 15) is 9.59 Å². The zero-order valence-corrected chi connectivity index (χ0v) is 9.06. The molecule has 5 nitrogen and oxygen atoms in total. The van der Waals surface area contributed by atoms with Gasteiger partial charge >= 0.3 is 11.9 Å². The number of rotatable bonds is 4. The highest BCUT2D eigenvalue weighted by Gasteiger charge is 2.12. The number of carbonyl (C=O) groups excluding carboxylic acids is 1. The predicted octanol–water partition coefficient (Wildman–Crippen LogP) is 1.36. The van der Waals surface area contributed by atoms with Gasteiger partial charge in [-0.1, -0.05) is 0 Å². The molecule has 1 rings (SSSR count). The van der Waals surface area contributed by atoms with Crippen molar-refractivity contribution in [3.8, 4) is 0 Å². The second-order valence-electron chi connectivity index (χ2n) is 3.27. The maximum atomic E-state index is 11.1. The van der Waals surface area contributed by atoms with Crippen molar-refractivity contribution in [3.05, 3.63) is 29.8 Å². The van der Waals surface area contributed by atoms with Crippen LogP contribution in [0.2, 0.25) is 0 Å². The Morgan fingerprint density at radius 1 is 1.31 bits per heavy atom. The molecule has 0 aliphatic heterocycles.